The summed E-state index contributed by atoms with van der Waals surface area (Å²) < 4.78 is 10.6. The minimum Gasteiger partial charge on any atom is -0.467 e. The van der Waals surface area contributed by atoms with Crippen LogP contribution in [-0.4, -0.2) is 39.2 Å². The van der Waals surface area contributed by atoms with Gasteiger partial charge in [-0.3, -0.25) is 0 Å². The van der Waals surface area contributed by atoms with Gasteiger partial charge in [0, 0.05) is 13.0 Å². The predicted octanol–water partition coefficient (Wildman–Crippen LogP) is 1.93. The van der Waals surface area contributed by atoms with E-state index in [0.29, 0.717) is 6.42 Å². The molecule has 0 aliphatic heterocycles. The molecule has 0 saturated carbocycles. The van der Waals surface area contributed by atoms with E-state index in [9.17, 15) is 4.79 Å². The van der Waals surface area contributed by atoms with Crippen molar-refractivity contribution >= 4 is 14.3 Å². The van der Waals surface area contributed by atoms with Gasteiger partial charge in [0.25, 0.3) is 0 Å². The molecule has 0 aromatic carbocycles. The Labute approximate surface area is 99.1 Å². The summed E-state index contributed by atoms with van der Waals surface area (Å²) in [5.74, 6) is -0.404. The van der Waals surface area contributed by atoms with Gasteiger partial charge in [0.2, 0.25) is 0 Å². The average molecular weight is 248 g/mol. The smallest absolute Gasteiger partial charge is 0.333 e. The molecule has 0 rings (SSSR count). The van der Waals surface area contributed by atoms with Crippen LogP contribution in [0, 0.1) is 0 Å². The summed E-state index contributed by atoms with van der Waals surface area (Å²) in [6.07, 6.45) is -0.352. The van der Waals surface area contributed by atoms with Gasteiger partial charge in [0.1, 0.15) is 6.10 Å². The third-order valence-corrected chi connectivity index (χ3v) is 7.58. The Kier molecular flexibility index (Phi) is 5.65. The first-order valence-electron chi connectivity index (χ1n) is 5.52. The second-order valence-corrected chi connectivity index (χ2v) is 10.2. The minimum atomic E-state index is -2.00. The summed E-state index contributed by atoms with van der Waals surface area (Å²) in [5.41, 5.74) is 0. The molecule has 0 radical (unpaired) electrons. The zero-order valence-corrected chi connectivity index (χ0v) is 12.2. The van der Waals surface area contributed by atoms with Crippen LogP contribution in [0.3, 0.4) is 0 Å². The second-order valence-electron chi connectivity index (χ2n) is 5.40. The summed E-state index contributed by atoms with van der Waals surface area (Å²) in [6.45, 7) is 10.4. The van der Waals surface area contributed by atoms with E-state index in [-0.39, 0.29) is 11.6 Å². The molecule has 4 nitrogen and oxygen atoms in total. The molecule has 96 valence electrons. The molecule has 0 aliphatic rings. The monoisotopic (exact) mass is 248 g/mol. The summed E-state index contributed by atoms with van der Waals surface area (Å²) >= 11 is 0. The third-order valence-electron chi connectivity index (χ3n) is 3.10. The first kappa shape index (κ1) is 15.6. The number of methoxy groups -OCH3 is 1. The Bertz CT molecular complexity index is 233. The first-order valence-corrected chi connectivity index (χ1v) is 8.43. The molecule has 16 heavy (non-hydrogen) atoms. The van der Waals surface area contributed by atoms with E-state index in [4.69, 9.17) is 9.53 Å². The van der Waals surface area contributed by atoms with Crippen LogP contribution in [0.2, 0.25) is 18.1 Å². The number of carbonyl (C=O) groups excluding carboxylic acids is 1. The van der Waals surface area contributed by atoms with Gasteiger partial charge < -0.3 is 14.3 Å². The van der Waals surface area contributed by atoms with Crippen LogP contribution in [0.15, 0.2) is 0 Å². The third kappa shape index (κ3) is 4.23. The molecule has 0 aliphatic carbocycles. The summed E-state index contributed by atoms with van der Waals surface area (Å²) in [7, 11) is -0.661. The van der Waals surface area contributed by atoms with E-state index in [1.807, 2.05) is 0 Å². The number of aliphatic hydroxyl groups is 1. The number of esters is 1. The van der Waals surface area contributed by atoms with Crippen LogP contribution in [0.25, 0.3) is 0 Å². The lowest BCUT2D eigenvalue weighted by atomic mass is 10.2. The van der Waals surface area contributed by atoms with E-state index in [1.165, 1.54) is 7.11 Å². The summed E-state index contributed by atoms with van der Waals surface area (Å²) in [4.78, 5) is 11.5. The number of hydrogen-bond acceptors (Lipinski definition) is 4. The van der Waals surface area contributed by atoms with Gasteiger partial charge in [-0.15, -0.1) is 0 Å². The van der Waals surface area contributed by atoms with Crippen molar-refractivity contribution in [3.63, 3.8) is 0 Å². The molecular formula is C11H24O4Si. The van der Waals surface area contributed by atoms with E-state index in [1.54, 1.807) is 0 Å². The highest BCUT2D eigenvalue weighted by Crippen LogP contribution is 2.37. The first-order chi connectivity index (χ1) is 7.15. The molecule has 0 fully saturated rings. The molecule has 1 N–H and O–H groups in total. The van der Waals surface area contributed by atoms with E-state index in [0.717, 1.165) is 0 Å². The topological polar surface area (TPSA) is 55.8 Å². The highest BCUT2D eigenvalue weighted by atomic mass is 28.4. The summed E-state index contributed by atoms with van der Waals surface area (Å²) in [5, 5.41) is 8.94. The fourth-order valence-corrected chi connectivity index (χ4v) is 2.28. The molecule has 0 aromatic heterocycles. The van der Waals surface area contributed by atoms with E-state index < -0.39 is 20.4 Å². The van der Waals surface area contributed by atoms with E-state index >= 15 is 0 Å². The summed E-state index contributed by atoms with van der Waals surface area (Å²) in [6, 6.07) is 0. The Balaban J connectivity index is 4.68. The van der Waals surface area contributed by atoms with Crippen LogP contribution in [0.4, 0.5) is 0 Å². The molecule has 0 heterocycles. The van der Waals surface area contributed by atoms with Crippen LogP contribution in [0.1, 0.15) is 27.2 Å². The van der Waals surface area contributed by atoms with Crippen molar-refractivity contribution in [3.05, 3.63) is 0 Å². The number of aliphatic hydroxyl groups excluding tert-OH is 1. The van der Waals surface area contributed by atoms with Crippen molar-refractivity contribution in [2.75, 3.05) is 13.7 Å². The quantitative estimate of drug-likeness (QED) is 0.596. The standard InChI is InChI=1S/C11H24O4Si/c1-11(2,3)16(5,6)15-9(7-8-12)10(13)14-4/h9,12H,7-8H2,1-6H3. The van der Waals surface area contributed by atoms with Gasteiger partial charge in [0.15, 0.2) is 8.32 Å². The largest absolute Gasteiger partial charge is 0.467 e. The van der Waals surface area contributed by atoms with Crippen LogP contribution >= 0.6 is 0 Å². The maximum atomic E-state index is 11.5. The lowest BCUT2D eigenvalue weighted by Crippen LogP contribution is -2.46. The Morgan fingerprint density at radius 2 is 1.88 bits per heavy atom. The second kappa shape index (κ2) is 5.79. The van der Waals surface area contributed by atoms with Gasteiger partial charge in [-0.1, -0.05) is 20.8 Å². The van der Waals surface area contributed by atoms with Crippen LogP contribution in [0.5, 0.6) is 0 Å². The molecule has 5 heteroatoms. The average Bonchev–Trinajstić information content (AvgIpc) is 2.14. The van der Waals surface area contributed by atoms with E-state index in [2.05, 4.69) is 38.6 Å². The van der Waals surface area contributed by atoms with Gasteiger partial charge >= 0.3 is 5.97 Å². The molecular weight excluding hydrogens is 224 g/mol. The van der Waals surface area contributed by atoms with Crippen LogP contribution < -0.4 is 0 Å². The van der Waals surface area contributed by atoms with Gasteiger partial charge in [-0.25, -0.2) is 4.79 Å². The molecule has 0 aromatic rings. The number of hydrogen-bond donors (Lipinski definition) is 1. The van der Waals surface area contributed by atoms with Crippen molar-refractivity contribution < 1.29 is 19.1 Å². The molecule has 0 spiro atoms. The number of rotatable bonds is 5. The molecule has 0 bridgehead atoms. The zero-order valence-electron chi connectivity index (χ0n) is 11.2. The fraction of sp³-hybridized carbons (Fsp3) is 0.909. The van der Waals surface area contributed by atoms with Crippen molar-refractivity contribution in [1.29, 1.82) is 0 Å². The lowest BCUT2D eigenvalue weighted by molar-refractivity contribution is -0.150. The number of ether oxygens (including phenoxy) is 1. The Hall–Kier alpha value is -0.393. The maximum Gasteiger partial charge on any atom is 0.333 e. The molecule has 0 amide bonds. The SMILES string of the molecule is COC(=O)C(CCO)O[Si](C)(C)C(C)(C)C. The highest BCUT2D eigenvalue weighted by Gasteiger charge is 2.40. The van der Waals surface area contributed by atoms with Gasteiger partial charge in [-0.05, 0) is 18.1 Å². The van der Waals surface area contributed by atoms with Gasteiger partial charge in [0.05, 0.1) is 7.11 Å². The molecule has 1 unspecified atom stereocenters. The van der Waals surface area contributed by atoms with Crippen LogP contribution in [-0.2, 0) is 14.0 Å². The molecule has 1 atom stereocenters. The normalized spacial score (nSPS) is 14.7. The Morgan fingerprint density at radius 3 is 2.19 bits per heavy atom. The van der Waals surface area contributed by atoms with Crippen molar-refractivity contribution in [2.45, 2.75) is 51.4 Å². The van der Waals surface area contributed by atoms with Gasteiger partial charge in [-0.2, -0.15) is 0 Å². The van der Waals surface area contributed by atoms with Crippen molar-refractivity contribution in [1.82, 2.24) is 0 Å². The predicted molar refractivity (Wildman–Crippen MR) is 65.8 cm³/mol. The fourth-order valence-electron chi connectivity index (χ4n) is 1.01. The van der Waals surface area contributed by atoms with Crippen molar-refractivity contribution in [3.8, 4) is 0 Å². The zero-order chi connectivity index (χ0) is 13.0. The van der Waals surface area contributed by atoms with Crippen molar-refractivity contribution in [2.24, 2.45) is 0 Å². The minimum absolute atomic E-state index is 0.0364. The molecule has 0 saturated heterocycles. The lowest BCUT2D eigenvalue weighted by Gasteiger charge is -2.38. The number of carbonyl (C=O) groups is 1. The Morgan fingerprint density at radius 1 is 1.38 bits per heavy atom. The highest BCUT2D eigenvalue weighted by molar-refractivity contribution is 6.74. The maximum absolute atomic E-state index is 11.5.